The number of unbranched alkanes of at least 4 members (excludes halogenated alkanes) is 1. The molecule has 0 bridgehead atoms. The number of rotatable bonds is 7. The fourth-order valence-electron chi connectivity index (χ4n) is 2.46. The fraction of sp³-hybridized carbons (Fsp3) is 0.882. The second-order valence-electron chi connectivity index (χ2n) is 8.05. The Kier molecular flexibility index (Phi) is 7.46. The van der Waals surface area contributed by atoms with Crippen LogP contribution in [0.15, 0.2) is 0 Å². The number of ketones is 1. The summed E-state index contributed by atoms with van der Waals surface area (Å²) in [6, 6.07) is 0. The quantitative estimate of drug-likeness (QED) is 0.719. The average Bonchev–Trinajstić information content (AvgIpc) is 2.22. The van der Waals surface area contributed by atoms with Crippen LogP contribution in [0.5, 0.6) is 0 Å². The number of Topliss-reactive ketones (excluding diaryl/α,β-unsaturated/α-hetero) is 1. The summed E-state index contributed by atoms with van der Waals surface area (Å²) in [5.41, 5.74) is -0.100. The van der Waals surface area contributed by atoms with E-state index in [0.717, 1.165) is 25.7 Å². The van der Waals surface area contributed by atoms with Gasteiger partial charge in [-0.05, 0) is 24.7 Å². The van der Waals surface area contributed by atoms with Gasteiger partial charge in [-0.3, -0.25) is 9.59 Å². The van der Waals surface area contributed by atoms with Gasteiger partial charge in [0, 0.05) is 24.8 Å². The fourth-order valence-corrected chi connectivity index (χ4v) is 2.46. The van der Waals surface area contributed by atoms with Gasteiger partial charge in [-0.1, -0.05) is 48.0 Å². The molecule has 3 nitrogen and oxygen atoms in total. The molecular formula is C17H33NO2. The normalized spacial score (nSPS) is 13.9. The summed E-state index contributed by atoms with van der Waals surface area (Å²) in [5.74, 6) is 0.515. The zero-order chi connectivity index (χ0) is 16.0. The van der Waals surface area contributed by atoms with Crippen LogP contribution in [0.25, 0.3) is 0 Å². The lowest BCUT2D eigenvalue weighted by Crippen LogP contribution is -2.31. The van der Waals surface area contributed by atoms with Crippen LogP contribution in [0.1, 0.15) is 74.1 Å². The van der Waals surface area contributed by atoms with Crippen molar-refractivity contribution in [3.8, 4) is 0 Å². The Morgan fingerprint density at radius 2 is 1.55 bits per heavy atom. The first-order valence-electron chi connectivity index (χ1n) is 7.72. The van der Waals surface area contributed by atoms with E-state index in [1.54, 1.807) is 0 Å². The van der Waals surface area contributed by atoms with Gasteiger partial charge in [0.15, 0.2) is 0 Å². The van der Waals surface area contributed by atoms with E-state index in [1.165, 1.54) is 6.92 Å². The Hall–Kier alpha value is -0.860. The molecule has 20 heavy (non-hydrogen) atoms. The average molecular weight is 283 g/mol. The first-order chi connectivity index (χ1) is 8.93. The summed E-state index contributed by atoms with van der Waals surface area (Å²) in [7, 11) is 0. The van der Waals surface area contributed by atoms with Crippen LogP contribution < -0.4 is 5.32 Å². The number of nitrogens with one attached hydrogen (secondary N) is 1. The van der Waals surface area contributed by atoms with Crippen molar-refractivity contribution in [1.29, 1.82) is 0 Å². The Morgan fingerprint density at radius 1 is 1.00 bits per heavy atom. The Bertz CT molecular complexity index is 321. The number of hydrogen-bond acceptors (Lipinski definition) is 2. The van der Waals surface area contributed by atoms with Crippen LogP contribution in [0.4, 0.5) is 0 Å². The first kappa shape index (κ1) is 19.1. The van der Waals surface area contributed by atoms with Crippen molar-refractivity contribution in [2.24, 2.45) is 16.7 Å². The topological polar surface area (TPSA) is 46.2 Å². The number of hydrogen-bond donors (Lipinski definition) is 1. The van der Waals surface area contributed by atoms with Crippen LogP contribution in [-0.4, -0.2) is 18.2 Å². The first-order valence-corrected chi connectivity index (χ1v) is 7.72. The maximum absolute atomic E-state index is 12.5. The molecule has 0 aliphatic rings. The van der Waals surface area contributed by atoms with Gasteiger partial charge in [0.25, 0.3) is 0 Å². The van der Waals surface area contributed by atoms with Gasteiger partial charge < -0.3 is 5.32 Å². The van der Waals surface area contributed by atoms with Gasteiger partial charge in [-0.25, -0.2) is 0 Å². The molecule has 0 radical (unpaired) electrons. The van der Waals surface area contributed by atoms with Gasteiger partial charge in [0.1, 0.15) is 5.78 Å². The predicted octanol–water partition coefficient (Wildman–Crippen LogP) is 3.96. The molecule has 0 aromatic rings. The number of carbonyl (C=O) groups excluding carboxylic acids is 2. The zero-order valence-corrected chi connectivity index (χ0v) is 14.4. The minimum Gasteiger partial charge on any atom is -0.356 e. The molecule has 1 amide bonds. The van der Waals surface area contributed by atoms with E-state index >= 15 is 0 Å². The zero-order valence-electron chi connectivity index (χ0n) is 14.4. The highest BCUT2D eigenvalue weighted by Gasteiger charge is 2.31. The predicted molar refractivity (Wildman–Crippen MR) is 84.6 cm³/mol. The summed E-state index contributed by atoms with van der Waals surface area (Å²) in [4.78, 5) is 23.3. The summed E-state index contributed by atoms with van der Waals surface area (Å²) >= 11 is 0. The minimum absolute atomic E-state index is 0.0157. The molecule has 0 spiro atoms. The SMILES string of the molecule is CC(=O)NCCCC[C@H](CC(C)(C)C)C(=O)C(C)(C)C. The Morgan fingerprint density at radius 3 is 1.95 bits per heavy atom. The van der Waals surface area contributed by atoms with E-state index in [0.29, 0.717) is 12.3 Å². The van der Waals surface area contributed by atoms with Gasteiger partial charge >= 0.3 is 0 Å². The van der Waals surface area contributed by atoms with Gasteiger partial charge in [0.2, 0.25) is 5.91 Å². The van der Waals surface area contributed by atoms with Crippen molar-refractivity contribution in [3.05, 3.63) is 0 Å². The van der Waals surface area contributed by atoms with Crippen molar-refractivity contribution in [3.63, 3.8) is 0 Å². The van der Waals surface area contributed by atoms with Crippen molar-refractivity contribution >= 4 is 11.7 Å². The highest BCUT2D eigenvalue weighted by atomic mass is 16.1. The lowest BCUT2D eigenvalue weighted by molar-refractivity contribution is -0.131. The molecular weight excluding hydrogens is 250 g/mol. The summed E-state index contributed by atoms with van der Waals surface area (Å²) < 4.78 is 0. The molecule has 1 N–H and O–H groups in total. The summed E-state index contributed by atoms with van der Waals surface area (Å²) in [6.07, 6.45) is 3.79. The molecule has 118 valence electrons. The molecule has 1 atom stereocenters. The van der Waals surface area contributed by atoms with Crippen LogP contribution in [0.3, 0.4) is 0 Å². The van der Waals surface area contributed by atoms with Crippen LogP contribution in [-0.2, 0) is 9.59 Å². The van der Waals surface area contributed by atoms with Crippen LogP contribution >= 0.6 is 0 Å². The van der Waals surface area contributed by atoms with E-state index in [2.05, 4.69) is 26.1 Å². The second-order valence-corrected chi connectivity index (χ2v) is 8.05. The monoisotopic (exact) mass is 283 g/mol. The third-order valence-corrected chi connectivity index (χ3v) is 3.32. The van der Waals surface area contributed by atoms with E-state index in [9.17, 15) is 9.59 Å². The maximum atomic E-state index is 12.5. The van der Waals surface area contributed by atoms with Gasteiger partial charge in [-0.2, -0.15) is 0 Å². The molecule has 0 heterocycles. The van der Waals surface area contributed by atoms with Gasteiger partial charge in [-0.15, -0.1) is 0 Å². The minimum atomic E-state index is -0.270. The van der Waals surface area contributed by atoms with E-state index in [1.807, 2.05) is 20.8 Å². The van der Waals surface area contributed by atoms with Crippen molar-refractivity contribution < 1.29 is 9.59 Å². The molecule has 0 aliphatic heterocycles. The van der Waals surface area contributed by atoms with Crippen molar-refractivity contribution in [1.82, 2.24) is 5.32 Å². The molecule has 3 heteroatoms. The Balaban J connectivity index is 4.41. The lowest BCUT2D eigenvalue weighted by atomic mass is 9.74. The molecule has 0 aromatic carbocycles. The largest absolute Gasteiger partial charge is 0.356 e. The van der Waals surface area contributed by atoms with E-state index in [4.69, 9.17) is 0 Å². The van der Waals surface area contributed by atoms with E-state index in [-0.39, 0.29) is 22.7 Å². The summed E-state index contributed by atoms with van der Waals surface area (Å²) in [5, 5.41) is 2.80. The number of carbonyl (C=O) groups is 2. The standard InChI is InChI=1S/C17H33NO2/c1-13(19)18-11-9-8-10-14(12-16(2,3)4)15(20)17(5,6)7/h14H,8-12H2,1-7H3,(H,18,19)/t14-/m1/s1. The maximum Gasteiger partial charge on any atom is 0.216 e. The smallest absolute Gasteiger partial charge is 0.216 e. The third kappa shape index (κ3) is 9.11. The molecule has 0 saturated carbocycles. The summed E-state index contributed by atoms with van der Waals surface area (Å²) in [6.45, 7) is 14.8. The lowest BCUT2D eigenvalue weighted by Gasteiger charge is -2.30. The third-order valence-electron chi connectivity index (χ3n) is 3.32. The van der Waals surface area contributed by atoms with Crippen molar-refractivity contribution in [2.45, 2.75) is 74.1 Å². The molecule has 0 aromatic heterocycles. The highest BCUT2D eigenvalue weighted by Crippen LogP contribution is 2.33. The van der Waals surface area contributed by atoms with Crippen LogP contribution in [0, 0.1) is 16.7 Å². The number of amides is 1. The molecule has 0 fully saturated rings. The molecule has 0 saturated heterocycles. The second kappa shape index (κ2) is 7.80. The van der Waals surface area contributed by atoms with E-state index < -0.39 is 0 Å². The molecule has 0 aliphatic carbocycles. The Labute approximate surface area is 124 Å². The highest BCUT2D eigenvalue weighted by molar-refractivity contribution is 5.85. The van der Waals surface area contributed by atoms with Gasteiger partial charge in [0.05, 0.1) is 0 Å². The van der Waals surface area contributed by atoms with Crippen LogP contribution in [0.2, 0.25) is 0 Å². The molecule has 0 unspecified atom stereocenters. The van der Waals surface area contributed by atoms with Crippen molar-refractivity contribution in [2.75, 3.05) is 6.54 Å². The molecule has 0 rings (SSSR count).